The van der Waals surface area contributed by atoms with Crippen LogP contribution in [-0.4, -0.2) is 43.7 Å². The van der Waals surface area contributed by atoms with Gasteiger partial charge < -0.3 is 20.3 Å². The number of rotatable bonds is 6. The Balaban J connectivity index is 1.74. The summed E-state index contributed by atoms with van der Waals surface area (Å²) in [7, 11) is -4.37. The third-order valence-corrected chi connectivity index (χ3v) is 8.20. The fourth-order valence-corrected chi connectivity index (χ4v) is 5.97. The van der Waals surface area contributed by atoms with Crippen molar-refractivity contribution < 1.29 is 36.3 Å². The molecule has 2 N–H and O–H groups in total. The van der Waals surface area contributed by atoms with Crippen LogP contribution in [0, 0.1) is 11.6 Å². The van der Waals surface area contributed by atoms with Crippen LogP contribution in [0.1, 0.15) is 42.3 Å². The molecular weight excluding hydrogens is 592 g/mol. The van der Waals surface area contributed by atoms with Gasteiger partial charge in [0.2, 0.25) is 0 Å². The molecule has 0 aromatic heterocycles. The minimum absolute atomic E-state index is 0.0662. The number of carbonyl (C=O) groups excluding carboxylic acids is 3. The van der Waals surface area contributed by atoms with E-state index in [1.165, 1.54) is 24.3 Å². The van der Waals surface area contributed by atoms with E-state index >= 15 is 4.39 Å². The fraction of sp³-hybridized carbons (Fsp3) is 0.276. The second kappa shape index (κ2) is 12.1. The van der Waals surface area contributed by atoms with Crippen LogP contribution >= 0.6 is 11.6 Å². The minimum Gasteiger partial charge on any atom is -0.444 e. The van der Waals surface area contributed by atoms with Gasteiger partial charge in [0.25, 0.3) is 11.8 Å². The maximum absolute atomic E-state index is 15.3. The molecule has 1 aliphatic rings. The molecule has 3 aromatic carbocycles. The number of nitrogens with zero attached hydrogens (tertiary/aromatic N) is 1. The Morgan fingerprint density at radius 2 is 1.64 bits per heavy atom. The number of sulfone groups is 1. The largest absolute Gasteiger partial charge is 0.444 e. The molecule has 222 valence electrons. The summed E-state index contributed by atoms with van der Waals surface area (Å²) in [5.41, 5.74) is -0.601. The smallest absolute Gasteiger partial charge is 0.408 e. The molecule has 3 amide bonds. The number of benzene rings is 3. The second-order valence-electron chi connectivity index (χ2n) is 10.6. The molecule has 4 rings (SSSR count). The van der Waals surface area contributed by atoms with Crippen LogP contribution in [0.4, 0.5) is 19.3 Å². The molecule has 0 unspecified atom stereocenters. The minimum atomic E-state index is -4.37. The quantitative estimate of drug-likeness (QED) is 0.410. The standard InChI is InChI=1S/C29H28ClF2N3O6S/c1-29(2,3)41-28(38)34-23-16-42(39,40)25-13-22(32)21(26(36)33-14-17-6-10-20(31)11-7-17)12-24(25)35(27(23)37)15-18-4-8-19(30)9-5-18/h4-13,23H,14-16H2,1-3H3,(H,33,36)(H,34,38)/t23-/m0/s1. The van der Waals surface area contributed by atoms with E-state index in [-0.39, 0.29) is 18.8 Å². The third kappa shape index (κ3) is 7.42. The number of ether oxygens (including phenoxy) is 1. The molecule has 0 aliphatic carbocycles. The van der Waals surface area contributed by atoms with E-state index in [0.29, 0.717) is 22.2 Å². The number of alkyl carbamates (subject to hydrolysis) is 1. The van der Waals surface area contributed by atoms with E-state index < -0.39 is 67.2 Å². The third-order valence-electron chi connectivity index (χ3n) is 6.18. The van der Waals surface area contributed by atoms with Crippen molar-refractivity contribution in [2.75, 3.05) is 10.7 Å². The molecule has 13 heteroatoms. The summed E-state index contributed by atoms with van der Waals surface area (Å²) in [4.78, 5) is 39.9. The summed E-state index contributed by atoms with van der Waals surface area (Å²) in [6, 6.07) is 11.8. The normalized spacial score (nSPS) is 16.3. The number of halogens is 3. The predicted molar refractivity (Wildman–Crippen MR) is 152 cm³/mol. The van der Waals surface area contributed by atoms with E-state index in [2.05, 4.69) is 10.6 Å². The number of amides is 3. The first-order chi connectivity index (χ1) is 19.6. The molecule has 1 heterocycles. The van der Waals surface area contributed by atoms with Crippen molar-refractivity contribution in [2.24, 2.45) is 0 Å². The first-order valence-electron chi connectivity index (χ1n) is 12.8. The Labute approximate surface area is 246 Å². The number of hydrogen-bond acceptors (Lipinski definition) is 6. The molecule has 0 saturated heterocycles. The Bertz CT molecular complexity index is 1620. The van der Waals surface area contributed by atoms with Crippen LogP contribution in [0.3, 0.4) is 0 Å². The van der Waals surface area contributed by atoms with Gasteiger partial charge in [-0.3, -0.25) is 9.59 Å². The average Bonchev–Trinajstić information content (AvgIpc) is 2.96. The zero-order valence-electron chi connectivity index (χ0n) is 22.9. The Morgan fingerprint density at radius 1 is 1.02 bits per heavy atom. The lowest BCUT2D eigenvalue weighted by atomic mass is 10.1. The highest BCUT2D eigenvalue weighted by Gasteiger charge is 2.40. The van der Waals surface area contributed by atoms with E-state index in [1.54, 1.807) is 45.0 Å². The SMILES string of the molecule is CC(C)(C)OC(=O)N[C@H]1CS(=O)(=O)c2cc(F)c(C(=O)NCc3ccc(F)cc3)cc2N(Cc2ccc(Cl)cc2)C1=O. The van der Waals surface area contributed by atoms with Crippen molar-refractivity contribution in [1.82, 2.24) is 10.6 Å². The van der Waals surface area contributed by atoms with Crippen molar-refractivity contribution in [1.29, 1.82) is 0 Å². The van der Waals surface area contributed by atoms with Gasteiger partial charge in [0.1, 0.15) is 23.3 Å². The molecule has 3 aromatic rings. The summed E-state index contributed by atoms with van der Waals surface area (Å²) < 4.78 is 60.6. The summed E-state index contributed by atoms with van der Waals surface area (Å²) in [5.74, 6) is -4.17. The van der Waals surface area contributed by atoms with Crippen LogP contribution in [0.15, 0.2) is 65.6 Å². The van der Waals surface area contributed by atoms with Crippen molar-refractivity contribution in [3.63, 3.8) is 0 Å². The topological polar surface area (TPSA) is 122 Å². The summed E-state index contributed by atoms with van der Waals surface area (Å²) in [5, 5.41) is 5.26. The van der Waals surface area contributed by atoms with E-state index in [4.69, 9.17) is 16.3 Å². The van der Waals surface area contributed by atoms with Crippen LogP contribution in [-0.2, 0) is 32.5 Å². The van der Waals surface area contributed by atoms with Gasteiger partial charge in [-0.2, -0.15) is 0 Å². The van der Waals surface area contributed by atoms with Crippen molar-refractivity contribution >= 4 is 45.0 Å². The van der Waals surface area contributed by atoms with Gasteiger partial charge in [-0.15, -0.1) is 0 Å². The van der Waals surface area contributed by atoms with Gasteiger partial charge >= 0.3 is 6.09 Å². The van der Waals surface area contributed by atoms with E-state index in [9.17, 15) is 27.2 Å². The van der Waals surface area contributed by atoms with Crippen molar-refractivity contribution in [3.05, 3.63) is 94.0 Å². The zero-order chi connectivity index (χ0) is 30.8. The van der Waals surface area contributed by atoms with Gasteiger partial charge in [-0.1, -0.05) is 35.9 Å². The lowest BCUT2D eigenvalue weighted by Crippen LogP contribution is -2.51. The highest BCUT2D eigenvalue weighted by molar-refractivity contribution is 7.91. The molecule has 1 atom stereocenters. The summed E-state index contributed by atoms with van der Waals surface area (Å²) in [6.45, 7) is 4.56. The monoisotopic (exact) mass is 619 g/mol. The molecule has 1 aliphatic heterocycles. The fourth-order valence-electron chi connectivity index (χ4n) is 4.23. The van der Waals surface area contributed by atoms with Crippen LogP contribution in [0.5, 0.6) is 0 Å². The number of anilines is 1. The molecule has 0 spiro atoms. The lowest BCUT2D eigenvalue weighted by molar-refractivity contribution is -0.120. The molecule has 0 radical (unpaired) electrons. The van der Waals surface area contributed by atoms with Crippen LogP contribution < -0.4 is 15.5 Å². The molecule has 42 heavy (non-hydrogen) atoms. The Morgan fingerprint density at radius 3 is 2.26 bits per heavy atom. The molecule has 0 bridgehead atoms. The maximum atomic E-state index is 15.3. The van der Waals surface area contributed by atoms with Gasteiger partial charge in [0, 0.05) is 11.6 Å². The maximum Gasteiger partial charge on any atom is 0.408 e. The summed E-state index contributed by atoms with van der Waals surface area (Å²) >= 11 is 5.99. The number of carbonyl (C=O) groups is 3. The predicted octanol–water partition coefficient (Wildman–Crippen LogP) is 4.76. The first kappa shape index (κ1) is 30.9. The van der Waals surface area contributed by atoms with E-state index in [1.807, 2.05) is 0 Å². The average molecular weight is 620 g/mol. The van der Waals surface area contributed by atoms with Crippen molar-refractivity contribution in [3.8, 4) is 0 Å². The number of hydrogen-bond donors (Lipinski definition) is 2. The Kier molecular flexibility index (Phi) is 8.88. The highest BCUT2D eigenvalue weighted by Crippen LogP contribution is 2.34. The molecular formula is C29H28ClF2N3O6S. The first-order valence-corrected chi connectivity index (χ1v) is 14.8. The zero-order valence-corrected chi connectivity index (χ0v) is 24.5. The van der Waals surface area contributed by atoms with Crippen LogP contribution in [0.2, 0.25) is 5.02 Å². The van der Waals surface area contributed by atoms with Gasteiger partial charge in [0.15, 0.2) is 9.84 Å². The summed E-state index contributed by atoms with van der Waals surface area (Å²) in [6.07, 6.45) is -1.01. The van der Waals surface area contributed by atoms with Gasteiger partial charge in [-0.25, -0.2) is 22.0 Å². The van der Waals surface area contributed by atoms with Gasteiger partial charge in [0.05, 0.1) is 28.4 Å². The number of nitrogens with one attached hydrogen (secondary N) is 2. The van der Waals surface area contributed by atoms with Crippen LogP contribution in [0.25, 0.3) is 0 Å². The Hall–Kier alpha value is -4.03. The van der Waals surface area contributed by atoms with Crippen molar-refractivity contribution in [2.45, 2.75) is 50.4 Å². The second-order valence-corrected chi connectivity index (χ2v) is 13.1. The molecule has 9 nitrogen and oxygen atoms in total. The van der Waals surface area contributed by atoms with Gasteiger partial charge in [-0.05, 0) is 68.3 Å². The number of fused-ring (bicyclic) bond motifs is 1. The molecule has 0 saturated carbocycles. The lowest BCUT2D eigenvalue weighted by Gasteiger charge is -2.27. The molecule has 0 fully saturated rings. The van der Waals surface area contributed by atoms with E-state index in [0.717, 1.165) is 11.0 Å². The highest BCUT2D eigenvalue weighted by atomic mass is 35.5.